The van der Waals surface area contributed by atoms with Gasteiger partial charge in [0.1, 0.15) is 5.75 Å². The van der Waals surface area contributed by atoms with E-state index in [-0.39, 0.29) is 30.1 Å². The van der Waals surface area contributed by atoms with Gasteiger partial charge in [-0.05, 0) is 83.7 Å². The van der Waals surface area contributed by atoms with E-state index in [0.717, 1.165) is 30.8 Å². The number of rotatable bonds is 8. The molecule has 1 unspecified atom stereocenters. The van der Waals surface area contributed by atoms with Gasteiger partial charge in [-0.3, -0.25) is 9.69 Å². The van der Waals surface area contributed by atoms with Gasteiger partial charge in [0.2, 0.25) is 5.91 Å². The Labute approximate surface area is 254 Å². The molecule has 1 aliphatic heterocycles. The molecule has 1 saturated heterocycles. The van der Waals surface area contributed by atoms with Crippen LogP contribution in [0.1, 0.15) is 36.5 Å². The average molecular weight is 648 g/mol. The Morgan fingerprint density at radius 2 is 1.81 bits per heavy atom. The Hall–Kier alpha value is -3.50. The number of piperidine rings is 1. The highest BCUT2D eigenvalue weighted by molar-refractivity contribution is 9.10. The summed E-state index contributed by atoms with van der Waals surface area (Å²) in [5.74, 6) is 0.213. The number of benzene rings is 3. The molecule has 0 aromatic heterocycles. The van der Waals surface area contributed by atoms with Gasteiger partial charge in [-0.2, -0.15) is 13.2 Å². The molecule has 3 aromatic carbocycles. The smallest absolute Gasteiger partial charge is 0.416 e. The third-order valence-electron chi connectivity index (χ3n) is 7.18. The van der Waals surface area contributed by atoms with Crippen LogP contribution < -0.4 is 20.7 Å². The second kappa shape index (κ2) is 15.7. The molecule has 42 heavy (non-hydrogen) atoms. The second-order valence-electron chi connectivity index (χ2n) is 10.1. The van der Waals surface area contributed by atoms with Crippen LogP contribution in [0.15, 0.2) is 89.7 Å². The number of ether oxygens (including phenoxy) is 1. The van der Waals surface area contributed by atoms with Gasteiger partial charge in [0.25, 0.3) is 0 Å². The number of anilines is 1. The minimum atomic E-state index is -4.51. The molecular weight excluding hydrogens is 609 g/mol. The van der Waals surface area contributed by atoms with Crippen molar-refractivity contribution in [1.82, 2.24) is 10.2 Å². The number of likely N-dealkylation sites (tertiary alicyclic amines) is 1. The second-order valence-corrected chi connectivity index (χ2v) is 11.0. The Bertz CT molecular complexity index is 1300. The quantitative estimate of drug-likeness (QED) is 0.277. The lowest BCUT2D eigenvalue weighted by atomic mass is 9.89. The van der Waals surface area contributed by atoms with Crippen LogP contribution in [0.5, 0.6) is 5.75 Å². The zero-order chi connectivity index (χ0) is 30.7. The van der Waals surface area contributed by atoms with Crippen molar-refractivity contribution in [2.75, 3.05) is 25.6 Å². The Morgan fingerprint density at radius 3 is 2.36 bits per heavy atom. The van der Waals surface area contributed by atoms with Crippen LogP contribution in [0.25, 0.3) is 0 Å². The maximum Gasteiger partial charge on any atom is 0.416 e. The number of methoxy groups -OCH3 is 1. The minimum Gasteiger partial charge on any atom is -0.497 e. The van der Waals surface area contributed by atoms with Crippen LogP contribution in [-0.4, -0.2) is 37.6 Å². The maximum atomic E-state index is 13.9. The first-order chi connectivity index (χ1) is 20.1. The van der Waals surface area contributed by atoms with Crippen LogP contribution >= 0.6 is 15.9 Å². The van der Waals surface area contributed by atoms with Gasteiger partial charge in [0.15, 0.2) is 0 Å². The van der Waals surface area contributed by atoms with Crippen molar-refractivity contribution >= 4 is 27.5 Å². The van der Waals surface area contributed by atoms with Crippen LogP contribution in [0.4, 0.5) is 18.9 Å². The average Bonchev–Trinajstić information content (AvgIpc) is 2.98. The molecule has 1 amide bonds. The van der Waals surface area contributed by atoms with E-state index in [2.05, 4.69) is 45.2 Å². The first kappa shape index (κ1) is 33.0. The Morgan fingerprint density at radius 1 is 1.12 bits per heavy atom. The molecule has 2 atom stereocenters. The van der Waals surface area contributed by atoms with Gasteiger partial charge in [0.05, 0.1) is 24.9 Å². The maximum absolute atomic E-state index is 13.9. The van der Waals surface area contributed by atoms with Crippen molar-refractivity contribution in [3.05, 3.63) is 106 Å². The molecule has 226 valence electrons. The van der Waals surface area contributed by atoms with E-state index in [1.807, 2.05) is 30.3 Å². The minimum absolute atomic E-state index is 0.154. The molecule has 3 aromatic rings. The van der Waals surface area contributed by atoms with Crippen molar-refractivity contribution in [3.8, 4) is 5.75 Å². The van der Waals surface area contributed by atoms with E-state index in [9.17, 15) is 18.0 Å². The molecule has 1 fully saturated rings. The first-order valence-corrected chi connectivity index (χ1v) is 14.5. The molecular formula is C32H38BrF3N4O2. The largest absolute Gasteiger partial charge is 0.497 e. The lowest BCUT2D eigenvalue weighted by Gasteiger charge is -2.39. The third-order valence-corrected chi connectivity index (χ3v) is 7.85. The predicted octanol–water partition coefficient (Wildman–Crippen LogP) is 6.95. The third kappa shape index (κ3) is 9.25. The van der Waals surface area contributed by atoms with E-state index in [4.69, 9.17) is 10.5 Å². The molecule has 1 aliphatic rings. The summed E-state index contributed by atoms with van der Waals surface area (Å²) >= 11 is 3.40. The summed E-state index contributed by atoms with van der Waals surface area (Å²) in [6, 6.07) is 21.0. The number of amides is 1. The van der Waals surface area contributed by atoms with Gasteiger partial charge in [-0.25, -0.2) is 0 Å². The lowest BCUT2D eigenvalue weighted by Crippen LogP contribution is -2.46. The zero-order valence-electron chi connectivity index (χ0n) is 24.1. The number of hydrogen-bond acceptors (Lipinski definition) is 5. The molecule has 0 bridgehead atoms. The van der Waals surface area contributed by atoms with Gasteiger partial charge in [-0.15, -0.1) is 0 Å². The summed E-state index contributed by atoms with van der Waals surface area (Å²) in [6.07, 6.45) is -0.130. The molecule has 4 rings (SSSR count). The Balaban J connectivity index is 0.000000892. The van der Waals surface area contributed by atoms with E-state index < -0.39 is 11.7 Å². The van der Waals surface area contributed by atoms with Crippen LogP contribution in [-0.2, 0) is 24.1 Å². The highest BCUT2D eigenvalue weighted by Gasteiger charge is 2.36. The van der Waals surface area contributed by atoms with E-state index in [0.29, 0.717) is 23.1 Å². The van der Waals surface area contributed by atoms with Crippen molar-refractivity contribution in [1.29, 1.82) is 0 Å². The number of carbonyl (C=O) groups is 1. The SMILES string of the molecule is CN/C=C\N.COc1ccc(CN(C(=O)C2CCN(Cc3ccccc3)[C@@H](C)C2)c2cc(C(F)(F)F)ccc2Br)cc1. The monoisotopic (exact) mass is 646 g/mol. The first-order valence-electron chi connectivity index (χ1n) is 13.7. The summed E-state index contributed by atoms with van der Waals surface area (Å²) in [6.45, 7) is 3.81. The van der Waals surface area contributed by atoms with Gasteiger partial charge in [-0.1, -0.05) is 42.5 Å². The fraction of sp³-hybridized carbons (Fsp3) is 0.344. The van der Waals surface area contributed by atoms with Crippen LogP contribution in [0.2, 0.25) is 0 Å². The van der Waals surface area contributed by atoms with Crippen molar-refractivity contribution in [3.63, 3.8) is 0 Å². The summed E-state index contributed by atoms with van der Waals surface area (Å²) in [5, 5.41) is 2.71. The topological polar surface area (TPSA) is 70.8 Å². The summed E-state index contributed by atoms with van der Waals surface area (Å²) in [4.78, 5) is 17.8. The fourth-order valence-electron chi connectivity index (χ4n) is 4.91. The molecule has 10 heteroatoms. The predicted molar refractivity (Wildman–Crippen MR) is 165 cm³/mol. The summed E-state index contributed by atoms with van der Waals surface area (Å²) in [7, 11) is 3.36. The van der Waals surface area contributed by atoms with Gasteiger partial charge >= 0.3 is 6.18 Å². The molecule has 0 aliphatic carbocycles. The number of alkyl halides is 3. The van der Waals surface area contributed by atoms with Gasteiger partial charge < -0.3 is 20.7 Å². The standard InChI is InChI=1S/C29H30BrF3N2O2.C3H8N2/c1-20-16-23(14-15-34(20)18-21-6-4-3-5-7-21)28(36)35(19-22-8-11-25(37-2)12-9-22)27-17-24(29(31,32)33)10-13-26(27)30;1-5-3-2-4/h3-13,17,20,23H,14-16,18-19H2,1-2H3;2-3,5H,4H2,1H3/b;3-2-/t20-,23?;/m0./s1. The van der Waals surface area contributed by atoms with Crippen molar-refractivity contribution in [2.24, 2.45) is 11.7 Å². The molecule has 3 N–H and O–H groups in total. The van der Waals surface area contributed by atoms with Crippen molar-refractivity contribution < 1.29 is 22.7 Å². The summed E-state index contributed by atoms with van der Waals surface area (Å²) < 4.78 is 46.4. The van der Waals surface area contributed by atoms with Crippen LogP contribution in [0, 0.1) is 5.92 Å². The number of nitrogens with one attached hydrogen (secondary N) is 1. The normalized spacial score (nSPS) is 17.3. The highest BCUT2D eigenvalue weighted by atomic mass is 79.9. The number of nitrogens with two attached hydrogens (primary N) is 1. The zero-order valence-corrected chi connectivity index (χ0v) is 25.7. The molecule has 0 radical (unpaired) electrons. The van der Waals surface area contributed by atoms with E-state index in [1.54, 1.807) is 32.5 Å². The van der Waals surface area contributed by atoms with E-state index >= 15 is 0 Å². The molecule has 0 saturated carbocycles. The van der Waals surface area contributed by atoms with Gasteiger partial charge in [0, 0.05) is 42.4 Å². The van der Waals surface area contributed by atoms with E-state index in [1.165, 1.54) is 22.7 Å². The number of halogens is 4. The number of hydrogen-bond donors (Lipinski definition) is 2. The highest BCUT2D eigenvalue weighted by Crippen LogP contribution is 2.38. The number of nitrogens with zero attached hydrogens (tertiary/aromatic N) is 2. The summed E-state index contributed by atoms with van der Waals surface area (Å²) in [5.41, 5.74) is 6.34. The van der Waals surface area contributed by atoms with Crippen molar-refractivity contribution in [2.45, 2.75) is 45.1 Å². The Kier molecular flexibility index (Phi) is 12.3. The number of carbonyl (C=O) groups excluding carboxylic acids is 1. The fourth-order valence-corrected chi connectivity index (χ4v) is 5.37. The molecule has 0 spiro atoms. The molecule has 6 nitrogen and oxygen atoms in total. The molecule has 1 heterocycles. The van der Waals surface area contributed by atoms with Crippen LogP contribution in [0.3, 0.4) is 0 Å². The lowest BCUT2D eigenvalue weighted by molar-refractivity contribution is -0.137.